The third-order valence-corrected chi connectivity index (χ3v) is 9.36. The largest absolute Gasteiger partial charge is 0.354 e. The second kappa shape index (κ2) is 12.1. The van der Waals surface area contributed by atoms with Crippen LogP contribution in [0.25, 0.3) is 55.5 Å². The maximum absolute atomic E-state index is 5.38. The lowest BCUT2D eigenvalue weighted by Gasteiger charge is -2.15. The van der Waals surface area contributed by atoms with Crippen molar-refractivity contribution in [3.63, 3.8) is 0 Å². The van der Waals surface area contributed by atoms with Crippen LogP contribution >= 0.6 is 0 Å². The molecule has 0 bridgehead atoms. The van der Waals surface area contributed by atoms with Gasteiger partial charge >= 0.3 is 0 Å². The van der Waals surface area contributed by atoms with Crippen molar-refractivity contribution in [2.24, 2.45) is 0 Å². The molecule has 2 heterocycles. The third-order valence-electron chi connectivity index (χ3n) is 9.36. The fourth-order valence-corrected chi connectivity index (χ4v) is 6.78. The van der Waals surface area contributed by atoms with Crippen molar-refractivity contribution in [2.45, 2.75) is 13.8 Å². The molecule has 50 heavy (non-hydrogen) atoms. The summed E-state index contributed by atoms with van der Waals surface area (Å²) >= 11 is 0. The minimum absolute atomic E-state index is 0.865. The third kappa shape index (κ3) is 5.24. The first kappa shape index (κ1) is 29.5. The van der Waals surface area contributed by atoms with Crippen LogP contribution in [0.1, 0.15) is 11.1 Å². The minimum Gasteiger partial charge on any atom is -0.354 e. The topological polar surface area (TPSA) is 57.6 Å². The highest BCUT2D eigenvalue weighted by molar-refractivity contribution is 5.96. The molecule has 9 aromatic rings. The Kier molecular flexibility index (Phi) is 7.13. The molecule has 0 fully saturated rings. The molecule has 6 nitrogen and oxygen atoms in total. The van der Waals surface area contributed by atoms with Gasteiger partial charge in [-0.3, -0.25) is 0 Å². The first-order valence-electron chi connectivity index (χ1n) is 16.8. The van der Waals surface area contributed by atoms with E-state index in [1.54, 1.807) is 0 Å². The Hall–Kier alpha value is -6.66. The SMILES string of the molecule is Cc1cc2nc3cc4c(cc3[n+](-c3ccccc3)c2cc1C)nc1cc(Nc2ccccc2)c(Nc2ccccc2)cc1[n+]4-c1ccccc1. The predicted molar refractivity (Wildman–Crippen MR) is 204 cm³/mol. The average Bonchev–Trinajstić information content (AvgIpc) is 3.15. The van der Waals surface area contributed by atoms with Crippen LogP contribution in [0.4, 0.5) is 22.7 Å². The highest BCUT2D eigenvalue weighted by Crippen LogP contribution is 2.34. The summed E-state index contributed by atoms with van der Waals surface area (Å²) in [5, 5.41) is 7.33. The minimum atomic E-state index is 0.865. The molecule has 0 atom stereocenters. The van der Waals surface area contributed by atoms with Crippen LogP contribution in [0.5, 0.6) is 0 Å². The van der Waals surface area contributed by atoms with Gasteiger partial charge in [-0.05, 0) is 61.4 Å². The molecular weight excluding hydrogens is 613 g/mol. The Morgan fingerprint density at radius 1 is 0.380 bits per heavy atom. The molecule has 6 heteroatoms. The van der Waals surface area contributed by atoms with Crippen LogP contribution in [-0.4, -0.2) is 9.97 Å². The molecule has 0 spiro atoms. The molecule has 0 unspecified atom stereocenters. The van der Waals surface area contributed by atoms with Gasteiger partial charge in [-0.15, -0.1) is 9.13 Å². The Morgan fingerprint density at radius 3 is 1.24 bits per heavy atom. The number of aryl methyl sites for hydroxylation is 2. The summed E-state index contributed by atoms with van der Waals surface area (Å²) in [5.74, 6) is 0. The zero-order valence-electron chi connectivity index (χ0n) is 27.8. The van der Waals surface area contributed by atoms with Crippen molar-refractivity contribution >= 4 is 66.9 Å². The Balaban J connectivity index is 1.38. The van der Waals surface area contributed by atoms with E-state index in [1.165, 1.54) is 11.1 Å². The van der Waals surface area contributed by atoms with Crippen LogP contribution in [0.3, 0.4) is 0 Å². The van der Waals surface area contributed by atoms with E-state index in [0.29, 0.717) is 0 Å². The standard InChI is InChI=1S/C44H32N6/c1-29-23-37-41(24-30(29)2)49(33-19-11-5-12-20-33)43-28-40-44(27-39(43)47-37)50(34-21-13-6-14-22-34)42-26-36(46-32-17-9-4-10-18-32)35(25-38(42)48-40)45-31-15-7-3-8-16-31/h3-28H,1-2H3/p+2. The molecule has 0 aliphatic heterocycles. The van der Waals surface area contributed by atoms with Gasteiger partial charge in [0.25, 0.3) is 0 Å². The van der Waals surface area contributed by atoms with Gasteiger partial charge < -0.3 is 10.6 Å². The number of hydrogen-bond acceptors (Lipinski definition) is 4. The van der Waals surface area contributed by atoms with Crippen LogP contribution in [0, 0.1) is 13.8 Å². The summed E-state index contributed by atoms with van der Waals surface area (Å²) in [6.45, 7) is 4.31. The van der Waals surface area contributed by atoms with Crippen molar-refractivity contribution < 1.29 is 9.13 Å². The smallest absolute Gasteiger partial charge is 0.240 e. The predicted octanol–water partition coefficient (Wildman–Crippen LogP) is 9.75. The Morgan fingerprint density at radius 2 is 0.740 bits per heavy atom. The zero-order chi connectivity index (χ0) is 33.6. The monoisotopic (exact) mass is 646 g/mol. The van der Waals surface area contributed by atoms with E-state index in [2.05, 4.69) is 155 Å². The summed E-state index contributed by atoms with van der Waals surface area (Å²) < 4.78 is 4.62. The first-order chi connectivity index (χ1) is 24.6. The number of para-hydroxylation sites is 4. The fourth-order valence-electron chi connectivity index (χ4n) is 6.78. The number of nitrogens with zero attached hydrogens (tertiary/aromatic N) is 4. The van der Waals surface area contributed by atoms with E-state index in [1.807, 2.05) is 36.4 Å². The number of hydrogen-bond donors (Lipinski definition) is 2. The van der Waals surface area contributed by atoms with Crippen molar-refractivity contribution in [3.05, 3.63) is 169 Å². The van der Waals surface area contributed by atoms with Crippen molar-refractivity contribution in [3.8, 4) is 11.4 Å². The lowest BCUT2D eigenvalue weighted by molar-refractivity contribution is -0.540. The van der Waals surface area contributed by atoms with E-state index in [4.69, 9.17) is 9.97 Å². The van der Waals surface area contributed by atoms with E-state index < -0.39 is 0 Å². The molecule has 0 aliphatic carbocycles. The van der Waals surface area contributed by atoms with E-state index >= 15 is 0 Å². The van der Waals surface area contributed by atoms with Gasteiger partial charge in [0.15, 0.2) is 0 Å². The van der Waals surface area contributed by atoms with Crippen LogP contribution in [0.15, 0.2) is 158 Å². The van der Waals surface area contributed by atoms with E-state index in [-0.39, 0.29) is 0 Å². The van der Waals surface area contributed by atoms with Gasteiger partial charge in [-0.25, -0.2) is 9.97 Å². The maximum atomic E-state index is 5.38. The van der Waals surface area contributed by atoms with E-state index in [9.17, 15) is 0 Å². The highest BCUT2D eigenvalue weighted by Gasteiger charge is 2.27. The molecule has 2 aromatic heterocycles. The second-order valence-electron chi connectivity index (χ2n) is 12.7. The number of nitrogens with one attached hydrogen (secondary N) is 2. The molecule has 9 rings (SSSR count). The summed E-state index contributed by atoms with van der Waals surface area (Å²) in [5.41, 5.74) is 16.0. The number of anilines is 4. The molecule has 7 aromatic carbocycles. The second-order valence-corrected chi connectivity index (χ2v) is 12.7. The fraction of sp³-hybridized carbons (Fsp3) is 0.0455. The number of fused-ring (bicyclic) bond motifs is 4. The average molecular weight is 647 g/mol. The summed E-state index contributed by atoms with van der Waals surface area (Å²) in [6, 6.07) is 54.7. The first-order valence-corrected chi connectivity index (χ1v) is 16.8. The summed E-state index contributed by atoms with van der Waals surface area (Å²) in [4.78, 5) is 10.7. The molecule has 2 N–H and O–H groups in total. The van der Waals surface area contributed by atoms with Crippen molar-refractivity contribution in [1.82, 2.24) is 9.97 Å². The van der Waals surface area contributed by atoms with Crippen molar-refractivity contribution in [1.29, 1.82) is 0 Å². The molecule has 0 amide bonds. The van der Waals surface area contributed by atoms with Gasteiger partial charge in [0.2, 0.25) is 33.4 Å². The molecular formula is C44H34N6+2. The molecule has 0 aliphatic rings. The normalized spacial score (nSPS) is 11.4. The quantitative estimate of drug-likeness (QED) is 0.140. The van der Waals surface area contributed by atoms with Crippen LogP contribution in [0.2, 0.25) is 0 Å². The van der Waals surface area contributed by atoms with Gasteiger partial charge in [0.1, 0.15) is 22.1 Å². The highest BCUT2D eigenvalue weighted by atomic mass is 15.0. The Bertz CT molecular complexity index is 2700. The van der Waals surface area contributed by atoms with Crippen molar-refractivity contribution in [2.75, 3.05) is 10.6 Å². The van der Waals surface area contributed by atoms with Crippen LogP contribution in [-0.2, 0) is 0 Å². The molecule has 0 radical (unpaired) electrons. The van der Waals surface area contributed by atoms with Gasteiger partial charge in [-0.1, -0.05) is 72.8 Å². The number of rotatable bonds is 6. The molecule has 0 saturated heterocycles. The molecule has 0 saturated carbocycles. The van der Waals surface area contributed by atoms with Gasteiger partial charge in [0.05, 0.1) is 11.4 Å². The summed E-state index contributed by atoms with van der Waals surface area (Å²) in [7, 11) is 0. The zero-order valence-corrected chi connectivity index (χ0v) is 27.8. The van der Waals surface area contributed by atoms with Gasteiger partial charge in [0, 0.05) is 59.9 Å². The summed E-state index contributed by atoms with van der Waals surface area (Å²) in [6.07, 6.45) is 0. The van der Waals surface area contributed by atoms with E-state index in [0.717, 1.165) is 78.3 Å². The number of aromatic nitrogens is 4. The lowest BCUT2D eigenvalue weighted by atomic mass is 10.1. The Labute approximate surface area is 290 Å². The lowest BCUT2D eigenvalue weighted by Crippen LogP contribution is -2.35. The maximum Gasteiger partial charge on any atom is 0.240 e. The van der Waals surface area contributed by atoms with Crippen LogP contribution < -0.4 is 19.8 Å². The van der Waals surface area contributed by atoms with Gasteiger partial charge in [-0.2, -0.15) is 0 Å². The number of benzene rings is 7. The molecule has 238 valence electrons.